The molecule has 3 rings (SSSR count). The van der Waals surface area contributed by atoms with Crippen LogP contribution >= 0.6 is 0 Å². The van der Waals surface area contributed by atoms with E-state index in [2.05, 4.69) is 37.3 Å². The Labute approximate surface area is 130 Å². The zero-order valence-corrected chi connectivity index (χ0v) is 13.6. The lowest BCUT2D eigenvalue weighted by Crippen LogP contribution is -2.51. The minimum Gasteiger partial charge on any atom is -0.327 e. The summed E-state index contributed by atoms with van der Waals surface area (Å²) < 4.78 is 0. The molecule has 2 saturated carbocycles. The summed E-state index contributed by atoms with van der Waals surface area (Å²) in [6.07, 6.45) is 12.1. The maximum Gasteiger partial charge on any atom is 0.0165 e. The summed E-state index contributed by atoms with van der Waals surface area (Å²) in [5.41, 5.74) is 8.70. The van der Waals surface area contributed by atoms with Crippen LogP contribution in [0.2, 0.25) is 0 Å². The van der Waals surface area contributed by atoms with Crippen LogP contribution in [0.1, 0.15) is 70.3 Å². The van der Waals surface area contributed by atoms with Gasteiger partial charge >= 0.3 is 0 Å². The lowest BCUT2D eigenvalue weighted by molar-refractivity contribution is 0.152. The molecule has 116 valence electrons. The predicted octanol–water partition coefficient (Wildman–Crippen LogP) is 5.04. The normalized spacial score (nSPS) is 30.8. The van der Waals surface area contributed by atoms with E-state index >= 15 is 0 Å². The molecule has 2 fully saturated rings. The third-order valence-electron chi connectivity index (χ3n) is 6.30. The molecule has 0 amide bonds. The lowest BCUT2D eigenvalue weighted by Gasteiger charge is -2.47. The third-order valence-corrected chi connectivity index (χ3v) is 6.30. The summed E-state index contributed by atoms with van der Waals surface area (Å²) in [4.78, 5) is 0. The Bertz CT molecular complexity index is 424. The molecule has 0 aromatic heterocycles. The summed E-state index contributed by atoms with van der Waals surface area (Å²) in [6.45, 7) is 2.40. The van der Waals surface area contributed by atoms with Crippen molar-refractivity contribution in [1.29, 1.82) is 0 Å². The first-order valence-corrected chi connectivity index (χ1v) is 9.03. The van der Waals surface area contributed by atoms with Gasteiger partial charge in [-0.15, -0.1) is 0 Å². The number of hydrogen-bond donors (Lipinski definition) is 1. The van der Waals surface area contributed by atoms with E-state index in [0.29, 0.717) is 6.04 Å². The summed E-state index contributed by atoms with van der Waals surface area (Å²) in [5.74, 6) is 1.65. The van der Waals surface area contributed by atoms with Gasteiger partial charge in [0.05, 0.1) is 0 Å². The molecule has 0 heterocycles. The number of rotatable bonds is 3. The highest BCUT2D eigenvalue weighted by atomic mass is 14.7. The quantitative estimate of drug-likeness (QED) is 0.827. The fraction of sp³-hybridized carbons (Fsp3) is 0.700. The van der Waals surface area contributed by atoms with Gasteiger partial charge in [-0.2, -0.15) is 0 Å². The molecule has 2 aliphatic rings. The van der Waals surface area contributed by atoms with Crippen molar-refractivity contribution < 1.29 is 0 Å². The van der Waals surface area contributed by atoms with E-state index in [1.807, 2.05) is 0 Å². The van der Waals surface area contributed by atoms with Crippen LogP contribution in [0.4, 0.5) is 0 Å². The van der Waals surface area contributed by atoms with Crippen LogP contribution in [-0.2, 0) is 5.41 Å². The van der Waals surface area contributed by atoms with Crippen LogP contribution in [0.3, 0.4) is 0 Å². The largest absolute Gasteiger partial charge is 0.327 e. The lowest BCUT2D eigenvalue weighted by atomic mass is 9.60. The first kappa shape index (κ1) is 15.1. The molecule has 1 heteroatoms. The monoisotopic (exact) mass is 285 g/mol. The van der Waals surface area contributed by atoms with Gasteiger partial charge in [0.15, 0.2) is 0 Å². The van der Waals surface area contributed by atoms with Gasteiger partial charge in [0.25, 0.3) is 0 Å². The van der Waals surface area contributed by atoms with E-state index in [4.69, 9.17) is 5.73 Å². The maximum atomic E-state index is 6.94. The fourth-order valence-corrected chi connectivity index (χ4v) is 4.86. The molecule has 1 aromatic carbocycles. The molecule has 0 radical (unpaired) electrons. The van der Waals surface area contributed by atoms with Crippen LogP contribution in [0.5, 0.6) is 0 Å². The SMILES string of the molecule is CC1CCC(C(N)C2(c3ccccc3)CCCCC2)CC1. The summed E-state index contributed by atoms with van der Waals surface area (Å²) in [6, 6.07) is 11.5. The molecule has 0 saturated heterocycles. The highest BCUT2D eigenvalue weighted by Gasteiger charge is 2.43. The number of nitrogens with two attached hydrogens (primary N) is 1. The Balaban J connectivity index is 1.85. The second-order valence-corrected chi connectivity index (χ2v) is 7.63. The first-order valence-electron chi connectivity index (χ1n) is 9.03. The first-order chi connectivity index (χ1) is 10.2. The van der Waals surface area contributed by atoms with E-state index in [-0.39, 0.29) is 5.41 Å². The summed E-state index contributed by atoms with van der Waals surface area (Å²) in [5, 5.41) is 0. The molecule has 2 aliphatic carbocycles. The molecular weight excluding hydrogens is 254 g/mol. The van der Waals surface area contributed by atoms with Crippen LogP contribution in [0, 0.1) is 11.8 Å². The molecular formula is C20H31N. The van der Waals surface area contributed by atoms with Crippen molar-refractivity contribution >= 4 is 0 Å². The minimum atomic E-state index is 0.255. The average molecular weight is 285 g/mol. The van der Waals surface area contributed by atoms with E-state index in [1.165, 1.54) is 63.4 Å². The third kappa shape index (κ3) is 3.04. The van der Waals surface area contributed by atoms with Crippen molar-refractivity contribution in [3.63, 3.8) is 0 Å². The topological polar surface area (TPSA) is 26.0 Å². The highest BCUT2D eigenvalue weighted by molar-refractivity contribution is 5.29. The molecule has 1 nitrogen and oxygen atoms in total. The average Bonchev–Trinajstić information content (AvgIpc) is 2.56. The van der Waals surface area contributed by atoms with Crippen molar-refractivity contribution in [1.82, 2.24) is 0 Å². The van der Waals surface area contributed by atoms with E-state index in [0.717, 1.165) is 11.8 Å². The van der Waals surface area contributed by atoms with Gasteiger partial charge in [0.1, 0.15) is 0 Å². The summed E-state index contributed by atoms with van der Waals surface area (Å²) in [7, 11) is 0. The fourth-order valence-electron chi connectivity index (χ4n) is 4.86. The van der Waals surface area contributed by atoms with Gasteiger partial charge in [-0.3, -0.25) is 0 Å². The Morgan fingerprint density at radius 3 is 2.19 bits per heavy atom. The smallest absolute Gasteiger partial charge is 0.0165 e. The molecule has 0 bridgehead atoms. The van der Waals surface area contributed by atoms with Gasteiger partial charge in [-0.05, 0) is 43.1 Å². The molecule has 21 heavy (non-hydrogen) atoms. The zero-order chi connectivity index (χ0) is 14.7. The molecule has 2 N–H and O–H groups in total. The van der Waals surface area contributed by atoms with Crippen molar-refractivity contribution in [2.75, 3.05) is 0 Å². The van der Waals surface area contributed by atoms with Gasteiger partial charge in [0.2, 0.25) is 0 Å². The minimum absolute atomic E-state index is 0.255. The van der Waals surface area contributed by atoms with Crippen molar-refractivity contribution in [3.8, 4) is 0 Å². The van der Waals surface area contributed by atoms with Gasteiger partial charge < -0.3 is 5.73 Å². The molecule has 1 aromatic rings. The highest BCUT2D eigenvalue weighted by Crippen LogP contribution is 2.46. The van der Waals surface area contributed by atoms with Crippen molar-refractivity contribution in [2.45, 2.75) is 76.2 Å². The van der Waals surface area contributed by atoms with Crippen LogP contribution in [-0.4, -0.2) is 6.04 Å². The second-order valence-electron chi connectivity index (χ2n) is 7.63. The predicted molar refractivity (Wildman–Crippen MR) is 90.3 cm³/mol. The zero-order valence-electron chi connectivity index (χ0n) is 13.6. The van der Waals surface area contributed by atoms with E-state index < -0.39 is 0 Å². The van der Waals surface area contributed by atoms with Gasteiger partial charge in [-0.1, -0.05) is 69.4 Å². The van der Waals surface area contributed by atoms with Gasteiger partial charge in [-0.25, -0.2) is 0 Å². The van der Waals surface area contributed by atoms with Crippen LogP contribution in [0.25, 0.3) is 0 Å². The molecule has 1 atom stereocenters. The Morgan fingerprint density at radius 2 is 1.57 bits per heavy atom. The summed E-state index contributed by atoms with van der Waals surface area (Å²) >= 11 is 0. The molecule has 0 spiro atoms. The number of hydrogen-bond acceptors (Lipinski definition) is 1. The molecule has 1 unspecified atom stereocenters. The van der Waals surface area contributed by atoms with E-state index in [9.17, 15) is 0 Å². The van der Waals surface area contributed by atoms with Crippen molar-refractivity contribution in [2.24, 2.45) is 17.6 Å². The number of benzene rings is 1. The molecule has 0 aliphatic heterocycles. The van der Waals surface area contributed by atoms with Crippen LogP contribution in [0.15, 0.2) is 30.3 Å². The Hall–Kier alpha value is -0.820. The maximum absolute atomic E-state index is 6.94. The Morgan fingerprint density at radius 1 is 0.952 bits per heavy atom. The van der Waals surface area contributed by atoms with E-state index in [1.54, 1.807) is 0 Å². The standard InChI is InChI=1S/C20H31N/c1-16-10-12-17(13-11-16)19(21)20(14-6-3-7-15-20)18-8-4-2-5-9-18/h2,4-5,8-9,16-17,19H,3,6-7,10-15,21H2,1H3. The van der Waals surface area contributed by atoms with Crippen LogP contribution < -0.4 is 5.73 Å². The van der Waals surface area contributed by atoms with Crippen molar-refractivity contribution in [3.05, 3.63) is 35.9 Å². The second kappa shape index (κ2) is 6.52. The Kier molecular flexibility index (Phi) is 4.69. The van der Waals surface area contributed by atoms with Gasteiger partial charge in [0, 0.05) is 11.5 Å².